The average molecular weight is 304 g/mol. The molecule has 0 amide bonds. The molecule has 2 atom stereocenters. The fraction of sp³-hybridized carbons (Fsp3) is 0.556. The van der Waals surface area contributed by atoms with Crippen LogP contribution in [0.4, 0.5) is 0 Å². The fourth-order valence-electron chi connectivity index (χ4n) is 2.10. The Hall–Kier alpha value is -2.38. The van der Waals surface area contributed by atoms with Crippen molar-refractivity contribution < 1.29 is 20.5 Å². The lowest BCUT2D eigenvalue weighted by Gasteiger charge is -2.25. The first kappa shape index (κ1) is 19.6. The molecule has 0 radical (unpaired) electrons. The molecule has 4 nitrogen and oxygen atoms in total. The maximum absolute atomic E-state index is 11.8. The zero-order valence-electron chi connectivity index (χ0n) is 13.8. The van der Waals surface area contributed by atoms with Gasteiger partial charge in [0.2, 0.25) is 0 Å². The third-order valence-corrected chi connectivity index (χ3v) is 3.21. The summed E-state index contributed by atoms with van der Waals surface area (Å²) in [6.45, 7) is 5.33. The van der Waals surface area contributed by atoms with Crippen LogP contribution in [0.5, 0.6) is 0 Å². The molecule has 0 rings (SSSR count). The van der Waals surface area contributed by atoms with Crippen molar-refractivity contribution in [2.75, 3.05) is 14.2 Å². The van der Waals surface area contributed by atoms with Crippen LogP contribution >= 0.6 is 0 Å². The maximum Gasteiger partial charge on any atom is 0.311 e. The third-order valence-electron chi connectivity index (χ3n) is 3.21. The first-order valence-electron chi connectivity index (χ1n) is 6.90. The maximum atomic E-state index is 11.8. The van der Waals surface area contributed by atoms with E-state index in [9.17, 15) is 9.59 Å². The standard InChI is InChI=1S/C18H22O4.H2/c1-7-8-9-10-11-15(12-14(2)16(19)21-5)13-18(3,4)17(20)22-6;/h1,14-15H,12-13H2,2-6H3;1H. The van der Waals surface area contributed by atoms with E-state index in [0.717, 1.165) is 0 Å². The zero-order chi connectivity index (χ0) is 17.2. The van der Waals surface area contributed by atoms with Crippen molar-refractivity contribution in [1.82, 2.24) is 0 Å². The normalized spacial score (nSPS) is 12.4. The van der Waals surface area contributed by atoms with Crippen LogP contribution < -0.4 is 0 Å². The van der Waals surface area contributed by atoms with E-state index in [-0.39, 0.29) is 25.2 Å². The predicted molar refractivity (Wildman–Crippen MR) is 86.2 cm³/mol. The molecule has 0 spiro atoms. The topological polar surface area (TPSA) is 52.6 Å². The minimum absolute atomic E-state index is 0. The average Bonchev–Trinajstić information content (AvgIpc) is 2.49. The number of hydrogen-bond donors (Lipinski definition) is 0. The Morgan fingerprint density at radius 2 is 1.82 bits per heavy atom. The van der Waals surface area contributed by atoms with Crippen molar-refractivity contribution in [2.45, 2.75) is 33.6 Å². The number of terminal acetylenes is 1. The molecule has 0 heterocycles. The largest absolute Gasteiger partial charge is 0.469 e. The Kier molecular flexibility index (Phi) is 8.51. The van der Waals surface area contributed by atoms with Gasteiger partial charge in [0.15, 0.2) is 0 Å². The Bertz CT molecular complexity index is 564. The summed E-state index contributed by atoms with van der Waals surface area (Å²) in [7, 11) is 2.69. The molecule has 0 aliphatic carbocycles. The summed E-state index contributed by atoms with van der Waals surface area (Å²) < 4.78 is 9.52. The molecule has 0 aromatic carbocycles. The van der Waals surface area contributed by atoms with Crippen molar-refractivity contribution in [3.8, 4) is 36.0 Å². The van der Waals surface area contributed by atoms with Crippen molar-refractivity contribution in [2.24, 2.45) is 17.3 Å². The summed E-state index contributed by atoms with van der Waals surface area (Å²) in [4.78, 5) is 23.4. The Morgan fingerprint density at radius 1 is 1.18 bits per heavy atom. The summed E-state index contributed by atoms with van der Waals surface area (Å²) in [6.07, 6.45) is 5.95. The number of ether oxygens (including phenoxy) is 2. The van der Waals surface area contributed by atoms with Crippen LogP contribution in [0.2, 0.25) is 0 Å². The van der Waals surface area contributed by atoms with E-state index >= 15 is 0 Å². The molecule has 22 heavy (non-hydrogen) atoms. The second kappa shape index (κ2) is 9.54. The van der Waals surface area contributed by atoms with Crippen molar-refractivity contribution >= 4 is 11.9 Å². The van der Waals surface area contributed by atoms with E-state index < -0.39 is 5.41 Å². The molecule has 0 aliphatic heterocycles. The first-order chi connectivity index (χ1) is 10.3. The highest BCUT2D eigenvalue weighted by molar-refractivity contribution is 5.76. The van der Waals surface area contributed by atoms with Gasteiger partial charge in [0.25, 0.3) is 0 Å². The molecule has 0 aromatic heterocycles. The number of hydrogen-bond acceptors (Lipinski definition) is 4. The van der Waals surface area contributed by atoms with Gasteiger partial charge in [-0.1, -0.05) is 12.8 Å². The molecule has 0 bridgehead atoms. The van der Waals surface area contributed by atoms with Crippen LogP contribution in [0.25, 0.3) is 0 Å². The lowest BCUT2D eigenvalue weighted by Crippen LogP contribution is -2.29. The Labute approximate surface area is 134 Å². The van der Waals surface area contributed by atoms with Gasteiger partial charge in [0.05, 0.1) is 25.6 Å². The van der Waals surface area contributed by atoms with Crippen LogP contribution in [-0.2, 0) is 19.1 Å². The minimum Gasteiger partial charge on any atom is -0.469 e. The summed E-state index contributed by atoms with van der Waals surface area (Å²) in [5, 5.41) is 0. The molecule has 2 unspecified atom stereocenters. The van der Waals surface area contributed by atoms with Gasteiger partial charge in [-0.3, -0.25) is 9.59 Å². The van der Waals surface area contributed by atoms with Gasteiger partial charge < -0.3 is 9.47 Å². The van der Waals surface area contributed by atoms with Crippen LogP contribution in [0.15, 0.2) is 0 Å². The van der Waals surface area contributed by atoms with Gasteiger partial charge >= 0.3 is 11.9 Å². The molecule has 0 fully saturated rings. The molecular formula is C18H24O4. The second-order valence-electron chi connectivity index (χ2n) is 5.60. The summed E-state index contributed by atoms with van der Waals surface area (Å²) in [6, 6.07) is 0. The summed E-state index contributed by atoms with van der Waals surface area (Å²) >= 11 is 0. The highest BCUT2D eigenvalue weighted by atomic mass is 16.5. The van der Waals surface area contributed by atoms with Gasteiger partial charge in [0.1, 0.15) is 0 Å². The molecule has 4 heteroatoms. The molecule has 0 saturated carbocycles. The van der Waals surface area contributed by atoms with Crippen LogP contribution in [0, 0.1) is 53.3 Å². The van der Waals surface area contributed by atoms with Gasteiger partial charge in [-0.25, -0.2) is 0 Å². The first-order valence-corrected chi connectivity index (χ1v) is 6.90. The monoisotopic (exact) mass is 304 g/mol. The second-order valence-corrected chi connectivity index (χ2v) is 5.60. The molecule has 120 valence electrons. The van der Waals surface area contributed by atoms with Crippen LogP contribution in [-0.4, -0.2) is 26.2 Å². The quantitative estimate of drug-likeness (QED) is 0.558. The number of carbonyl (C=O) groups is 2. The Morgan fingerprint density at radius 3 is 2.32 bits per heavy atom. The number of carbonyl (C=O) groups excluding carboxylic acids is 2. The summed E-state index contributed by atoms with van der Waals surface area (Å²) in [5.74, 6) is 11.6. The van der Waals surface area contributed by atoms with E-state index in [2.05, 4.69) is 29.6 Å². The van der Waals surface area contributed by atoms with Gasteiger partial charge in [-0.05, 0) is 50.4 Å². The van der Waals surface area contributed by atoms with Gasteiger partial charge in [0, 0.05) is 7.34 Å². The number of esters is 2. The molecule has 0 aliphatic rings. The smallest absolute Gasteiger partial charge is 0.311 e. The summed E-state index contributed by atoms with van der Waals surface area (Å²) in [5.41, 5.74) is -0.705. The lowest BCUT2D eigenvalue weighted by molar-refractivity contribution is -0.151. The van der Waals surface area contributed by atoms with Crippen LogP contribution in [0.3, 0.4) is 0 Å². The fourth-order valence-corrected chi connectivity index (χ4v) is 2.10. The number of rotatable bonds is 6. The minimum atomic E-state index is -0.705. The van der Waals surface area contributed by atoms with E-state index in [1.165, 1.54) is 14.2 Å². The highest BCUT2D eigenvalue weighted by Crippen LogP contribution is 2.30. The molecule has 0 N–H and O–H groups in total. The van der Waals surface area contributed by atoms with Crippen molar-refractivity contribution in [3.05, 3.63) is 0 Å². The lowest BCUT2D eigenvalue weighted by atomic mass is 9.79. The third kappa shape index (κ3) is 6.87. The van der Waals surface area contributed by atoms with E-state index in [4.69, 9.17) is 15.9 Å². The van der Waals surface area contributed by atoms with E-state index in [0.29, 0.717) is 12.8 Å². The van der Waals surface area contributed by atoms with Gasteiger partial charge in [-0.2, -0.15) is 0 Å². The van der Waals surface area contributed by atoms with Crippen LogP contribution in [0.1, 0.15) is 35.0 Å². The van der Waals surface area contributed by atoms with Crippen molar-refractivity contribution in [3.63, 3.8) is 0 Å². The zero-order valence-corrected chi connectivity index (χ0v) is 13.8. The van der Waals surface area contributed by atoms with E-state index in [1.54, 1.807) is 20.8 Å². The molecule has 0 saturated heterocycles. The molecule has 0 aromatic rings. The molecular weight excluding hydrogens is 280 g/mol. The van der Waals surface area contributed by atoms with Gasteiger partial charge in [-0.15, -0.1) is 6.42 Å². The van der Waals surface area contributed by atoms with E-state index in [1.807, 2.05) is 0 Å². The number of methoxy groups -OCH3 is 2. The predicted octanol–water partition coefficient (Wildman–Crippen LogP) is 2.28. The highest BCUT2D eigenvalue weighted by Gasteiger charge is 2.32. The Balaban J connectivity index is 0. The van der Waals surface area contributed by atoms with Crippen molar-refractivity contribution in [1.29, 1.82) is 0 Å². The SMILES string of the molecule is C#CC#CC#CC(CC(C)C(=O)OC)CC(C)(C)C(=O)OC.[HH].